The molecular formula is C16H22ClNO2. The van der Waals surface area contributed by atoms with Gasteiger partial charge in [0.05, 0.1) is 5.60 Å². The van der Waals surface area contributed by atoms with E-state index in [2.05, 4.69) is 5.32 Å². The van der Waals surface area contributed by atoms with E-state index in [0.29, 0.717) is 24.4 Å². The van der Waals surface area contributed by atoms with Crippen molar-refractivity contribution in [1.29, 1.82) is 0 Å². The van der Waals surface area contributed by atoms with Crippen LogP contribution in [0.5, 0.6) is 0 Å². The van der Waals surface area contributed by atoms with E-state index in [0.717, 1.165) is 31.2 Å². The van der Waals surface area contributed by atoms with Gasteiger partial charge in [-0.15, -0.1) is 0 Å². The fraction of sp³-hybridized carbons (Fsp3) is 0.562. The van der Waals surface area contributed by atoms with Gasteiger partial charge in [0.15, 0.2) is 0 Å². The topological polar surface area (TPSA) is 49.3 Å². The second-order valence-corrected chi connectivity index (χ2v) is 6.12. The van der Waals surface area contributed by atoms with Gasteiger partial charge < -0.3 is 10.4 Å². The van der Waals surface area contributed by atoms with Crippen LogP contribution in [0.3, 0.4) is 0 Å². The zero-order valence-electron chi connectivity index (χ0n) is 11.7. The number of nitrogens with one attached hydrogen (secondary N) is 1. The van der Waals surface area contributed by atoms with Gasteiger partial charge in [-0.05, 0) is 37.0 Å². The summed E-state index contributed by atoms with van der Waals surface area (Å²) in [5, 5.41) is 13.9. The van der Waals surface area contributed by atoms with Gasteiger partial charge in [-0.25, -0.2) is 0 Å². The minimum Gasteiger partial charge on any atom is -0.388 e. The Balaban J connectivity index is 1.71. The second-order valence-electron chi connectivity index (χ2n) is 5.69. The van der Waals surface area contributed by atoms with Crippen molar-refractivity contribution in [2.24, 2.45) is 0 Å². The lowest BCUT2D eigenvalue weighted by atomic mass is 9.85. The number of carbonyl (C=O) groups is 1. The van der Waals surface area contributed by atoms with Crippen molar-refractivity contribution in [1.82, 2.24) is 5.32 Å². The van der Waals surface area contributed by atoms with Gasteiger partial charge >= 0.3 is 0 Å². The number of carbonyl (C=O) groups excluding carboxylic acids is 1. The smallest absolute Gasteiger partial charge is 0.220 e. The zero-order valence-corrected chi connectivity index (χ0v) is 12.5. The standard InChI is InChI=1S/C16H22ClNO2/c17-14-7-4-13(5-8-14)6-9-15(19)18-12-16(20)10-2-1-3-11-16/h4-5,7-8,20H,1-3,6,9-12H2,(H,18,19). The van der Waals surface area contributed by atoms with E-state index < -0.39 is 5.60 Å². The van der Waals surface area contributed by atoms with E-state index in [1.165, 1.54) is 6.42 Å². The number of hydrogen-bond donors (Lipinski definition) is 2. The maximum absolute atomic E-state index is 11.8. The molecule has 0 radical (unpaired) electrons. The Morgan fingerprint density at radius 2 is 1.85 bits per heavy atom. The third-order valence-corrected chi connectivity index (χ3v) is 4.20. The van der Waals surface area contributed by atoms with Crippen LogP contribution < -0.4 is 5.32 Å². The van der Waals surface area contributed by atoms with Crippen molar-refractivity contribution in [2.45, 2.75) is 50.5 Å². The largest absolute Gasteiger partial charge is 0.388 e. The summed E-state index contributed by atoms with van der Waals surface area (Å²) in [7, 11) is 0. The molecule has 1 aliphatic carbocycles. The van der Waals surface area contributed by atoms with E-state index in [9.17, 15) is 9.90 Å². The first kappa shape index (κ1) is 15.3. The lowest BCUT2D eigenvalue weighted by Gasteiger charge is -2.32. The molecule has 0 saturated heterocycles. The molecule has 0 aromatic heterocycles. The molecule has 1 aromatic carbocycles. The number of rotatable bonds is 5. The summed E-state index contributed by atoms with van der Waals surface area (Å²) >= 11 is 5.82. The highest BCUT2D eigenvalue weighted by molar-refractivity contribution is 6.30. The number of benzene rings is 1. The number of aliphatic hydroxyl groups is 1. The maximum atomic E-state index is 11.8. The van der Waals surface area contributed by atoms with Crippen molar-refractivity contribution < 1.29 is 9.90 Å². The molecule has 110 valence electrons. The van der Waals surface area contributed by atoms with Crippen LogP contribution in [0.4, 0.5) is 0 Å². The van der Waals surface area contributed by atoms with Gasteiger partial charge in [0.25, 0.3) is 0 Å². The van der Waals surface area contributed by atoms with Crippen LogP contribution in [0, 0.1) is 0 Å². The van der Waals surface area contributed by atoms with Crippen LogP contribution in [-0.4, -0.2) is 23.2 Å². The Labute approximate surface area is 125 Å². The van der Waals surface area contributed by atoms with Crippen molar-refractivity contribution in [2.75, 3.05) is 6.54 Å². The third kappa shape index (κ3) is 4.80. The van der Waals surface area contributed by atoms with Gasteiger partial charge in [-0.3, -0.25) is 4.79 Å². The molecule has 3 nitrogen and oxygen atoms in total. The monoisotopic (exact) mass is 295 g/mol. The summed E-state index contributed by atoms with van der Waals surface area (Å²) in [5.74, 6) is -0.000974. The van der Waals surface area contributed by atoms with E-state index in [4.69, 9.17) is 11.6 Å². The number of amides is 1. The molecule has 1 aromatic rings. The Kier molecular flexibility index (Phi) is 5.44. The highest BCUT2D eigenvalue weighted by atomic mass is 35.5. The summed E-state index contributed by atoms with van der Waals surface area (Å²) in [6.45, 7) is 0.381. The molecule has 20 heavy (non-hydrogen) atoms. The van der Waals surface area contributed by atoms with Gasteiger partial charge in [0, 0.05) is 18.0 Å². The molecule has 0 atom stereocenters. The molecule has 0 spiro atoms. The molecule has 2 N–H and O–H groups in total. The summed E-state index contributed by atoms with van der Waals surface area (Å²) in [4.78, 5) is 11.8. The summed E-state index contributed by atoms with van der Waals surface area (Å²) < 4.78 is 0. The molecule has 1 aliphatic rings. The first-order valence-corrected chi connectivity index (χ1v) is 7.69. The molecule has 0 heterocycles. The molecule has 1 amide bonds. The first-order chi connectivity index (χ1) is 9.57. The van der Waals surface area contributed by atoms with Crippen molar-refractivity contribution in [3.05, 3.63) is 34.9 Å². The molecule has 0 bridgehead atoms. The van der Waals surface area contributed by atoms with Crippen molar-refractivity contribution in [3.63, 3.8) is 0 Å². The number of halogens is 1. The van der Waals surface area contributed by atoms with E-state index in [1.807, 2.05) is 24.3 Å². The average molecular weight is 296 g/mol. The quantitative estimate of drug-likeness (QED) is 0.877. The van der Waals surface area contributed by atoms with E-state index in [1.54, 1.807) is 0 Å². The molecular weight excluding hydrogens is 274 g/mol. The van der Waals surface area contributed by atoms with Crippen LogP contribution in [0.2, 0.25) is 5.02 Å². The number of hydrogen-bond acceptors (Lipinski definition) is 2. The highest BCUT2D eigenvalue weighted by Crippen LogP contribution is 2.27. The molecule has 2 rings (SSSR count). The molecule has 0 unspecified atom stereocenters. The molecule has 0 aliphatic heterocycles. The van der Waals surface area contributed by atoms with Crippen LogP contribution in [0.25, 0.3) is 0 Å². The molecule has 1 fully saturated rings. The third-order valence-electron chi connectivity index (χ3n) is 3.95. The van der Waals surface area contributed by atoms with Crippen molar-refractivity contribution in [3.8, 4) is 0 Å². The maximum Gasteiger partial charge on any atom is 0.220 e. The summed E-state index contributed by atoms with van der Waals surface area (Å²) in [6, 6.07) is 7.54. The minimum absolute atomic E-state index is 0.000974. The van der Waals surface area contributed by atoms with Crippen molar-refractivity contribution >= 4 is 17.5 Å². The average Bonchev–Trinajstić information content (AvgIpc) is 2.45. The fourth-order valence-electron chi connectivity index (χ4n) is 2.65. The van der Waals surface area contributed by atoms with E-state index >= 15 is 0 Å². The fourth-order valence-corrected chi connectivity index (χ4v) is 2.77. The van der Waals surface area contributed by atoms with Gasteiger partial charge in [0.2, 0.25) is 5.91 Å². The summed E-state index contributed by atoms with van der Waals surface area (Å²) in [5.41, 5.74) is 0.412. The SMILES string of the molecule is O=C(CCc1ccc(Cl)cc1)NCC1(O)CCCCC1. The number of aryl methyl sites for hydroxylation is 1. The Morgan fingerprint density at radius 3 is 2.50 bits per heavy atom. The highest BCUT2D eigenvalue weighted by Gasteiger charge is 2.29. The Hall–Kier alpha value is -1.06. The van der Waals surface area contributed by atoms with Crippen LogP contribution in [0.1, 0.15) is 44.1 Å². The van der Waals surface area contributed by atoms with Gasteiger partial charge in [-0.1, -0.05) is 43.0 Å². The van der Waals surface area contributed by atoms with Gasteiger partial charge in [0.1, 0.15) is 0 Å². The lowest BCUT2D eigenvalue weighted by molar-refractivity contribution is -0.122. The minimum atomic E-state index is -0.686. The molecule has 4 heteroatoms. The Morgan fingerprint density at radius 1 is 1.20 bits per heavy atom. The lowest BCUT2D eigenvalue weighted by Crippen LogP contribution is -2.44. The van der Waals surface area contributed by atoms with Crippen LogP contribution in [-0.2, 0) is 11.2 Å². The normalized spacial score (nSPS) is 17.7. The zero-order chi connectivity index (χ0) is 14.4. The predicted molar refractivity (Wildman–Crippen MR) is 80.8 cm³/mol. The first-order valence-electron chi connectivity index (χ1n) is 7.31. The summed E-state index contributed by atoms with van der Waals surface area (Å²) in [6.07, 6.45) is 6.02. The predicted octanol–water partition coefficient (Wildman–Crippen LogP) is 3.08. The Bertz CT molecular complexity index is 438. The molecule has 1 saturated carbocycles. The van der Waals surface area contributed by atoms with Gasteiger partial charge in [-0.2, -0.15) is 0 Å². The second kappa shape index (κ2) is 7.09. The van der Waals surface area contributed by atoms with Crippen LogP contribution >= 0.6 is 11.6 Å². The van der Waals surface area contributed by atoms with E-state index in [-0.39, 0.29) is 5.91 Å². The van der Waals surface area contributed by atoms with Crippen LogP contribution in [0.15, 0.2) is 24.3 Å².